The number of carboxylic acid groups (broad SMARTS) is 1. The lowest BCUT2D eigenvalue weighted by Crippen LogP contribution is -2.43. The van der Waals surface area contributed by atoms with E-state index in [1.54, 1.807) is 6.07 Å². The highest BCUT2D eigenvalue weighted by Gasteiger charge is 2.51. The number of aryl methyl sites for hydroxylation is 1. The number of rotatable bonds is 5. The molecule has 0 aliphatic heterocycles. The molecule has 5 nitrogen and oxygen atoms in total. The van der Waals surface area contributed by atoms with Gasteiger partial charge in [-0.15, -0.1) is 0 Å². The molecule has 0 bridgehead atoms. The van der Waals surface area contributed by atoms with Crippen molar-refractivity contribution in [3.63, 3.8) is 0 Å². The Hall–Kier alpha value is -2.04. The van der Waals surface area contributed by atoms with Crippen LogP contribution < -0.4 is 11.1 Å². The topological polar surface area (TPSA) is 92.4 Å². The standard InChI is InChI=1S/C13H16N2O3/c14-10-4-2-1-3-9(10)5-6-11(16)15-13(7-8-13)12(17)18/h1-4H,5-8,14H2,(H,15,16)(H,17,18). The van der Waals surface area contributed by atoms with Gasteiger partial charge in [-0.05, 0) is 30.9 Å². The number of carbonyl (C=O) groups excluding carboxylic acids is 1. The molecule has 4 N–H and O–H groups in total. The van der Waals surface area contributed by atoms with E-state index >= 15 is 0 Å². The van der Waals surface area contributed by atoms with Crippen molar-refractivity contribution < 1.29 is 14.7 Å². The third kappa shape index (κ3) is 2.61. The Balaban J connectivity index is 1.86. The van der Waals surface area contributed by atoms with E-state index in [4.69, 9.17) is 10.8 Å². The molecule has 0 atom stereocenters. The Morgan fingerprint density at radius 2 is 2.00 bits per heavy atom. The Labute approximate surface area is 105 Å². The van der Waals surface area contributed by atoms with Crippen LogP contribution >= 0.6 is 0 Å². The predicted octanol–water partition coefficient (Wildman–Crippen LogP) is 0.935. The van der Waals surface area contributed by atoms with Crippen molar-refractivity contribution in [1.29, 1.82) is 0 Å². The zero-order valence-corrected chi connectivity index (χ0v) is 9.98. The normalized spacial score (nSPS) is 16.0. The third-order valence-electron chi connectivity index (χ3n) is 3.21. The van der Waals surface area contributed by atoms with Crippen molar-refractivity contribution in [2.24, 2.45) is 0 Å². The summed E-state index contributed by atoms with van der Waals surface area (Å²) >= 11 is 0. The van der Waals surface area contributed by atoms with Gasteiger partial charge in [-0.25, -0.2) is 4.79 Å². The minimum absolute atomic E-state index is 0.238. The first-order chi connectivity index (χ1) is 8.53. The maximum absolute atomic E-state index is 11.7. The zero-order valence-electron chi connectivity index (χ0n) is 9.98. The van der Waals surface area contributed by atoms with Crippen molar-refractivity contribution in [3.05, 3.63) is 29.8 Å². The average Bonchev–Trinajstić information content (AvgIpc) is 3.09. The number of hydrogen-bond acceptors (Lipinski definition) is 3. The number of anilines is 1. The van der Waals surface area contributed by atoms with E-state index in [0.717, 1.165) is 5.56 Å². The van der Waals surface area contributed by atoms with Gasteiger partial charge in [-0.2, -0.15) is 0 Å². The number of carboxylic acids is 1. The number of para-hydroxylation sites is 1. The maximum atomic E-state index is 11.7. The molecule has 0 heterocycles. The number of amides is 1. The van der Waals surface area contributed by atoms with E-state index in [1.807, 2.05) is 18.2 Å². The Bertz CT molecular complexity index is 481. The molecule has 0 aromatic heterocycles. The van der Waals surface area contributed by atoms with Gasteiger partial charge >= 0.3 is 5.97 Å². The van der Waals surface area contributed by atoms with Gasteiger partial charge in [0.2, 0.25) is 5.91 Å². The minimum atomic E-state index is -1.00. The second-order valence-electron chi connectivity index (χ2n) is 4.63. The summed E-state index contributed by atoms with van der Waals surface area (Å²) in [5, 5.41) is 11.5. The number of carbonyl (C=O) groups is 2. The second-order valence-corrected chi connectivity index (χ2v) is 4.63. The summed E-state index contributed by atoms with van der Waals surface area (Å²) in [6, 6.07) is 7.35. The van der Waals surface area contributed by atoms with Crippen LogP contribution in [0.1, 0.15) is 24.8 Å². The fraction of sp³-hybridized carbons (Fsp3) is 0.385. The van der Waals surface area contributed by atoms with E-state index in [0.29, 0.717) is 24.9 Å². The van der Waals surface area contributed by atoms with Crippen molar-refractivity contribution in [2.75, 3.05) is 5.73 Å². The first kappa shape index (κ1) is 12.4. The van der Waals surface area contributed by atoms with Crippen LogP contribution in [-0.2, 0) is 16.0 Å². The molecule has 96 valence electrons. The molecule has 1 aliphatic rings. The van der Waals surface area contributed by atoms with Crippen LogP contribution in [0.3, 0.4) is 0 Å². The molecule has 1 amide bonds. The molecule has 0 unspecified atom stereocenters. The van der Waals surface area contributed by atoms with Gasteiger partial charge in [-0.1, -0.05) is 18.2 Å². The van der Waals surface area contributed by atoms with E-state index in [2.05, 4.69) is 5.32 Å². The van der Waals surface area contributed by atoms with Gasteiger partial charge in [0.15, 0.2) is 0 Å². The van der Waals surface area contributed by atoms with Crippen LogP contribution in [-0.4, -0.2) is 22.5 Å². The number of hydrogen-bond donors (Lipinski definition) is 3. The predicted molar refractivity (Wildman–Crippen MR) is 66.9 cm³/mol. The van der Waals surface area contributed by atoms with Crippen LogP contribution in [0, 0.1) is 0 Å². The zero-order chi connectivity index (χ0) is 13.2. The highest BCUT2D eigenvalue weighted by molar-refractivity contribution is 5.89. The summed E-state index contributed by atoms with van der Waals surface area (Å²) in [6.07, 6.45) is 1.81. The molecule has 18 heavy (non-hydrogen) atoms. The molecule has 0 spiro atoms. The van der Waals surface area contributed by atoms with Crippen molar-refractivity contribution in [3.8, 4) is 0 Å². The molecule has 1 aromatic carbocycles. The maximum Gasteiger partial charge on any atom is 0.329 e. The smallest absolute Gasteiger partial charge is 0.329 e. The van der Waals surface area contributed by atoms with Crippen LogP contribution in [0.15, 0.2) is 24.3 Å². The van der Waals surface area contributed by atoms with E-state index in [1.165, 1.54) is 0 Å². The summed E-state index contributed by atoms with van der Waals surface area (Å²) in [5.74, 6) is -1.19. The van der Waals surface area contributed by atoms with Gasteiger partial charge in [0.05, 0.1) is 0 Å². The van der Waals surface area contributed by atoms with Crippen molar-refractivity contribution in [2.45, 2.75) is 31.2 Å². The molecular formula is C13H16N2O3. The summed E-state index contributed by atoms with van der Waals surface area (Å²) in [4.78, 5) is 22.6. The molecule has 1 aliphatic carbocycles. The molecule has 1 saturated carbocycles. The van der Waals surface area contributed by atoms with Gasteiger partial charge < -0.3 is 16.2 Å². The molecule has 0 radical (unpaired) electrons. The number of nitrogen functional groups attached to an aromatic ring is 1. The lowest BCUT2D eigenvalue weighted by Gasteiger charge is -2.12. The fourth-order valence-corrected chi connectivity index (χ4v) is 1.86. The lowest BCUT2D eigenvalue weighted by molar-refractivity contribution is -0.143. The van der Waals surface area contributed by atoms with Crippen molar-refractivity contribution in [1.82, 2.24) is 5.32 Å². The lowest BCUT2D eigenvalue weighted by atomic mass is 10.1. The molecule has 1 fully saturated rings. The summed E-state index contributed by atoms with van der Waals surface area (Å²) in [5.41, 5.74) is 6.34. The summed E-state index contributed by atoms with van der Waals surface area (Å²) in [6.45, 7) is 0. The molecule has 0 saturated heterocycles. The van der Waals surface area contributed by atoms with Gasteiger partial charge in [0, 0.05) is 12.1 Å². The second kappa shape index (κ2) is 4.68. The van der Waals surface area contributed by atoms with E-state index in [9.17, 15) is 9.59 Å². The molecule has 5 heteroatoms. The Kier molecular flexibility index (Phi) is 3.23. The SMILES string of the molecule is Nc1ccccc1CCC(=O)NC1(C(=O)O)CC1. The monoisotopic (exact) mass is 248 g/mol. The van der Waals surface area contributed by atoms with E-state index < -0.39 is 11.5 Å². The van der Waals surface area contributed by atoms with Crippen molar-refractivity contribution >= 4 is 17.6 Å². The van der Waals surface area contributed by atoms with Gasteiger partial charge in [0.1, 0.15) is 5.54 Å². The molecule has 1 aromatic rings. The first-order valence-corrected chi connectivity index (χ1v) is 5.91. The van der Waals surface area contributed by atoms with E-state index in [-0.39, 0.29) is 12.3 Å². The van der Waals surface area contributed by atoms with Crippen LogP contribution in [0.5, 0.6) is 0 Å². The van der Waals surface area contributed by atoms with Gasteiger partial charge in [-0.3, -0.25) is 4.79 Å². The average molecular weight is 248 g/mol. The third-order valence-corrected chi connectivity index (χ3v) is 3.21. The van der Waals surface area contributed by atoms with Crippen LogP contribution in [0.4, 0.5) is 5.69 Å². The number of benzene rings is 1. The number of aliphatic carboxylic acids is 1. The molecular weight excluding hydrogens is 232 g/mol. The largest absolute Gasteiger partial charge is 0.480 e. The quantitative estimate of drug-likeness (QED) is 0.676. The first-order valence-electron chi connectivity index (χ1n) is 5.91. The van der Waals surface area contributed by atoms with Crippen LogP contribution in [0.2, 0.25) is 0 Å². The molecule has 2 rings (SSSR count). The number of nitrogens with one attached hydrogen (secondary N) is 1. The Morgan fingerprint density at radius 3 is 2.56 bits per heavy atom. The highest BCUT2D eigenvalue weighted by Crippen LogP contribution is 2.35. The summed E-state index contributed by atoms with van der Waals surface area (Å²) < 4.78 is 0. The number of nitrogens with two attached hydrogens (primary N) is 1. The highest BCUT2D eigenvalue weighted by atomic mass is 16.4. The Morgan fingerprint density at radius 1 is 1.33 bits per heavy atom. The minimum Gasteiger partial charge on any atom is -0.480 e. The summed E-state index contributed by atoms with van der Waals surface area (Å²) in [7, 11) is 0. The van der Waals surface area contributed by atoms with Crippen LogP contribution in [0.25, 0.3) is 0 Å². The van der Waals surface area contributed by atoms with Gasteiger partial charge in [0.25, 0.3) is 0 Å². The fourth-order valence-electron chi connectivity index (χ4n) is 1.86.